The van der Waals surface area contributed by atoms with Crippen LogP contribution in [0.5, 0.6) is 0 Å². The molecule has 0 spiro atoms. The molecule has 0 amide bonds. The van der Waals surface area contributed by atoms with E-state index in [1.54, 1.807) is 6.92 Å². The molecule has 1 nitrogen and oxygen atoms in total. The molecule has 0 aromatic heterocycles. The van der Waals surface area contributed by atoms with E-state index in [0.717, 1.165) is 12.8 Å². The monoisotopic (exact) mass is 325 g/mol. The highest BCUT2D eigenvalue weighted by Crippen LogP contribution is 2.41. The fourth-order valence-electron chi connectivity index (χ4n) is 3.05. The average Bonchev–Trinajstić information content (AvgIpc) is 2.53. The van der Waals surface area contributed by atoms with Crippen LogP contribution in [0, 0.1) is 0 Å². The van der Waals surface area contributed by atoms with Crippen molar-refractivity contribution in [3.8, 4) is 0 Å². The highest BCUT2D eigenvalue weighted by molar-refractivity contribution is 7.56. The van der Waals surface area contributed by atoms with Gasteiger partial charge < -0.3 is 0 Å². The molecular formula is C21H26OP+. The van der Waals surface area contributed by atoms with E-state index in [-0.39, 0.29) is 13.3 Å². The maximum Gasteiger partial charge on any atom is 0.133 e. The van der Waals surface area contributed by atoms with Crippen LogP contribution in [-0.4, -0.2) is 24.9 Å². The molecule has 0 atom stereocenters. The Balaban J connectivity index is 2.67. The first-order valence-electron chi connectivity index (χ1n) is 8.17. The van der Waals surface area contributed by atoms with E-state index in [4.69, 9.17) is 0 Å². The molecule has 0 unspecified atom stereocenters. The largest absolute Gasteiger partial charge is 0.300 e. The first kappa shape index (κ1) is 17.6. The van der Waals surface area contributed by atoms with E-state index >= 15 is 0 Å². The summed E-state index contributed by atoms with van der Waals surface area (Å²) in [4.78, 5) is 11.7. The van der Waals surface area contributed by atoms with Gasteiger partial charge in [-0.1, -0.05) is 42.0 Å². The first-order chi connectivity index (χ1) is 11.0. The van der Waals surface area contributed by atoms with Crippen LogP contribution in [0.15, 0.2) is 59.2 Å². The van der Waals surface area contributed by atoms with E-state index in [9.17, 15) is 4.79 Å². The quantitative estimate of drug-likeness (QED) is 0.656. The maximum absolute atomic E-state index is 11.7. The standard InChI is InChI=1S/C21H26OP/c1-5-17-11-12-19(15-16(2)22)21(18-9-7-6-8-10-18)20(17)13-14-23(3)4/h5-10,13-14H,11-12,15H2,1-4H3/q+1. The number of benzene rings is 1. The second kappa shape index (κ2) is 8.22. The minimum Gasteiger partial charge on any atom is -0.300 e. The smallest absolute Gasteiger partial charge is 0.133 e. The predicted molar refractivity (Wildman–Crippen MR) is 105 cm³/mol. The van der Waals surface area contributed by atoms with Gasteiger partial charge in [0.05, 0.1) is 20.9 Å². The van der Waals surface area contributed by atoms with Crippen LogP contribution in [0.1, 0.15) is 38.7 Å². The van der Waals surface area contributed by atoms with Gasteiger partial charge in [0.15, 0.2) is 0 Å². The van der Waals surface area contributed by atoms with Gasteiger partial charge in [0, 0.05) is 6.42 Å². The van der Waals surface area contributed by atoms with Crippen molar-refractivity contribution >= 4 is 24.7 Å². The van der Waals surface area contributed by atoms with Crippen LogP contribution in [-0.2, 0) is 4.79 Å². The molecule has 0 heterocycles. The third-order valence-corrected chi connectivity index (χ3v) is 4.82. The average molecular weight is 325 g/mol. The minimum absolute atomic E-state index is 0.0865. The molecule has 1 aliphatic carbocycles. The van der Waals surface area contributed by atoms with Gasteiger partial charge in [-0.3, -0.25) is 4.79 Å². The van der Waals surface area contributed by atoms with Crippen molar-refractivity contribution in [2.24, 2.45) is 0 Å². The summed E-state index contributed by atoms with van der Waals surface area (Å²) in [6.45, 7) is 8.32. The van der Waals surface area contributed by atoms with E-state index in [1.165, 1.54) is 27.9 Å². The Hall–Kier alpha value is -1.72. The van der Waals surface area contributed by atoms with Crippen molar-refractivity contribution < 1.29 is 4.79 Å². The normalized spacial score (nSPS) is 18.4. The molecule has 0 saturated heterocycles. The summed E-state index contributed by atoms with van der Waals surface area (Å²) in [5.74, 6) is 2.56. The van der Waals surface area contributed by atoms with Crippen LogP contribution in [0.3, 0.4) is 0 Å². The molecule has 23 heavy (non-hydrogen) atoms. The van der Waals surface area contributed by atoms with E-state index in [1.807, 2.05) is 6.07 Å². The zero-order valence-corrected chi connectivity index (χ0v) is 15.5. The molecule has 1 aromatic rings. The SMILES string of the molecule is CC=C1CCC(CC(C)=O)=C(c2ccccc2)C1=CC=[P+](C)C. The number of rotatable bonds is 4. The third-order valence-electron chi connectivity index (χ3n) is 4.08. The van der Waals surface area contributed by atoms with Crippen molar-refractivity contribution in [1.29, 1.82) is 0 Å². The van der Waals surface area contributed by atoms with Gasteiger partial charge in [-0.15, -0.1) is 0 Å². The lowest BCUT2D eigenvalue weighted by Crippen LogP contribution is -2.08. The first-order valence-corrected chi connectivity index (χ1v) is 10.5. The molecule has 2 heteroatoms. The van der Waals surface area contributed by atoms with Crippen molar-refractivity contribution in [2.75, 3.05) is 13.3 Å². The summed E-state index contributed by atoms with van der Waals surface area (Å²) in [5.41, 5.74) is 6.47. The minimum atomic E-state index is -0.0865. The fraction of sp³-hybridized carbons (Fsp3) is 0.333. The highest BCUT2D eigenvalue weighted by atomic mass is 31.1. The molecule has 1 aliphatic rings. The number of hydrogen-bond acceptors (Lipinski definition) is 1. The molecule has 2 rings (SSSR count). The molecule has 0 bridgehead atoms. The van der Waals surface area contributed by atoms with Crippen LogP contribution in [0.4, 0.5) is 0 Å². The molecule has 0 fully saturated rings. The predicted octanol–water partition coefficient (Wildman–Crippen LogP) is 5.63. The Morgan fingerprint density at radius 1 is 1.17 bits per heavy atom. The van der Waals surface area contributed by atoms with E-state index < -0.39 is 0 Å². The van der Waals surface area contributed by atoms with E-state index in [0.29, 0.717) is 6.42 Å². The van der Waals surface area contributed by atoms with Crippen LogP contribution in [0.25, 0.3) is 5.57 Å². The van der Waals surface area contributed by atoms with Gasteiger partial charge in [0.2, 0.25) is 0 Å². The lowest BCUT2D eigenvalue weighted by atomic mass is 9.78. The number of allylic oxidation sites excluding steroid dienone is 6. The van der Waals surface area contributed by atoms with Gasteiger partial charge in [-0.05, 0) is 55.0 Å². The summed E-state index contributed by atoms with van der Waals surface area (Å²) >= 11 is 0. The Labute approximate surface area is 141 Å². The molecular weight excluding hydrogens is 299 g/mol. The number of Topliss-reactive ketones (excluding diaryl/α,β-unsaturated/α-hetero) is 1. The second-order valence-electron chi connectivity index (χ2n) is 6.23. The van der Waals surface area contributed by atoms with E-state index in [2.05, 4.69) is 62.5 Å². The molecule has 0 saturated carbocycles. The van der Waals surface area contributed by atoms with Crippen molar-refractivity contribution in [1.82, 2.24) is 0 Å². The molecule has 1 aromatic carbocycles. The topological polar surface area (TPSA) is 17.1 Å². The molecule has 120 valence electrons. The number of hydrogen-bond donors (Lipinski definition) is 0. The van der Waals surface area contributed by atoms with Crippen molar-refractivity contribution in [3.63, 3.8) is 0 Å². The van der Waals surface area contributed by atoms with Crippen LogP contribution >= 0.6 is 7.55 Å². The lowest BCUT2D eigenvalue weighted by molar-refractivity contribution is -0.116. The Bertz CT molecular complexity index is 699. The summed E-state index contributed by atoms with van der Waals surface area (Å²) in [6, 6.07) is 10.5. The maximum atomic E-state index is 11.7. The number of carbonyl (C=O) groups is 1. The second-order valence-corrected chi connectivity index (χ2v) is 8.46. The van der Waals surface area contributed by atoms with Gasteiger partial charge in [0.1, 0.15) is 11.6 Å². The molecule has 0 N–H and O–H groups in total. The van der Waals surface area contributed by atoms with Gasteiger partial charge in [-0.2, -0.15) is 0 Å². The van der Waals surface area contributed by atoms with Crippen molar-refractivity contribution in [3.05, 3.63) is 64.8 Å². The Kier molecular flexibility index (Phi) is 6.30. The third kappa shape index (κ3) is 4.62. The van der Waals surface area contributed by atoms with Gasteiger partial charge >= 0.3 is 0 Å². The van der Waals surface area contributed by atoms with Crippen LogP contribution < -0.4 is 0 Å². The van der Waals surface area contributed by atoms with Crippen molar-refractivity contribution in [2.45, 2.75) is 33.1 Å². The number of ketones is 1. The summed E-state index contributed by atoms with van der Waals surface area (Å²) < 4.78 is 0. The zero-order valence-electron chi connectivity index (χ0n) is 14.6. The zero-order chi connectivity index (χ0) is 16.8. The fourth-order valence-corrected chi connectivity index (χ4v) is 3.50. The number of carbonyl (C=O) groups excluding carboxylic acids is 1. The van der Waals surface area contributed by atoms with Gasteiger partial charge in [0.25, 0.3) is 0 Å². The van der Waals surface area contributed by atoms with Gasteiger partial charge in [-0.25, -0.2) is 0 Å². The Morgan fingerprint density at radius 3 is 2.43 bits per heavy atom. The Morgan fingerprint density at radius 2 is 1.87 bits per heavy atom. The van der Waals surface area contributed by atoms with Crippen LogP contribution in [0.2, 0.25) is 0 Å². The summed E-state index contributed by atoms with van der Waals surface area (Å²) in [6.07, 6.45) is 7.07. The molecule has 0 aliphatic heterocycles. The lowest BCUT2D eigenvalue weighted by Gasteiger charge is -2.25. The highest BCUT2D eigenvalue weighted by Gasteiger charge is 2.23. The molecule has 0 radical (unpaired) electrons. The summed E-state index contributed by atoms with van der Waals surface area (Å²) in [7, 11) is -0.0865. The summed E-state index contributed by atoms with van der Waals surface area (Å²) in [5, 5.41) is 0.